The summed E-state index contributed by atoms with van der Waals surface area (Å²) in [6, 6.07) is 1.21. The van der Waals surface area contributed by atoms with Gasteiger partial charge in [-0.25, -0.2) is 5.48 Å². The number of nitro groups is 1. The first-order valence-corrected chi connectivity index (χ1v) is 4.71. The Morgan fingerprint density at radius 1 is 1.65 bits per heavy atom. The molecule has 0 unspecified atom stereocenters. The number of carbonyl (C=O) groups is 1. The van der Waals surface area contributed by atoms with E-state index in [2.05, 4.69) is 10.6 Å². The Morgan fingerprint density at radius 3 is 3.00 bits per heavy atom. The molecule has 0 saturated carbocycles. The molecule has 1 aromatic heterocycles. The number of methoxy groups -OCH3 is 1. The quantitative estimate of drug-likeness (QED) is 0.393. The molecular formula is C8H12N4O5. The van der Waals surface area contributed by atoms with E-state index in [0.717, 1.165) is 4.68 Å². The van der Waals surface area contributed by atoms with Crippen LogP contribution < -0.4 is 5.48 Å². The molecule has 0 spiro atoms. The highest BCUT2D eigenvalue weighted by Crippen LogP contribution is 2.04. The summed E-state index contributed by atoms with van der Waals surface area (Å²) in [4.78, 5) is 25.7. The lowest BCUT2D eigenvalue weighted by Gasteiger charge is -2.03. The number of ether oxygens (including phenoxy) is 1. The molecule has 9 nitrogen and oxygen atoms in total. The number of aromatic nitrogens is 2. The van der Waals surface area contributed by atoms with Crippen LogP contribution in [-0.2, 0) is 20.9 Å². The highest BCUT2D eigenvalue weighted by atomic mass is 16.7. The molecule has 17 heavy (non-hydrogen) atoms. The largest absolute Gasteiger partial charge is 0.389 e. The zero-order valence-corrected chi connectivity index (χ0v) is 9.16. The smallest absolute Gasteiger partial charge is 0.382 e. The van der Waals surface area contributed by atoms with Crippen LogP contribution in [0.15, 0.2) is 12.3 Å². The summed E-state index contributed by atoms with van der Waals surface area (Å²) in [7, 11) is 1.51. The van der Waals surface area contributed by atoms with Crippen molar-refractivity contribution in [2.45, 2.75) is 6.54 Å². The number of hydrogen-bond acceptors (Lipinski definition) is 6. The van der Waals surface area contributed by atoms with E-state index in [0.29, 0.717) is 6.61 Å². The predicted octanol–water partition coefficient (Wildman–Crippen LogP) is -0.515. The van der Waals surface area contributed by atoms with E-state index in [-0.39, 0.29) is 19.0 Å². The number of carbonyl (C=O) groups excluding carboxylic acids is 1. The van der Waals surface area contributed by atoms with Gasteiger partial charge in [0.1, 0.15) is 6.54 Å². The van der Waals surface area contributed by atoms with Crippen molar-refractivity contribution in [3.05, 3.63) is 22.4 Å². The van der Waals surface area contributed by atoms with Gasteiger partial charge in [0, 0.05) is 7.11 Å². The first kappa shape index (κ1) is 13.1. The fraction of sp³-hybridized carbons (Fsp3) is 0.500. The van der Waals surface area contributed by atoms with Crippen LogP contribution in [0.3, 0.4) is 0 Å². The first-order chi connectivity index (χ1) is 8.13. The van der Waals surface area contributed by atoms with Gasteiger partial charge in [-0.3, -0.25) is 9.63 Å². The number of nitrogens with one attached hydrogen (secondary N) is 1. The van der Waals surface area contributed by atoms with Crippen LogP contribution in [0.25, 0.3) is 0 Å². The van der Waals surface area contributed by atoms with Crippen LogP contribution >= 0.6 is 0 Å². The third-order valence-electron chi connectivity index (χ3n) is 1.69. The van der Waals surface area contributed by atoms with Crippen molar-refractivity contribution in [2.75, 3.05) is 20.3 Å². The van der Waals surface area contributed by atoms with E-state index in [4.69, 9.17) is 9.57 Å². The third-order valence-corrected chi connectivity index (χ3v) is 1.69. The van der Waals surface area contributed by atoms with Gasteiger partial charge in [0.2, 0.25) is 0 Å². The average molecular weight is 244 g/mol. The molecule has 9 heteroatoms. The Labute approximate surface area is 96.4 Å². The van der Waals surface area contributed by atoms with E-state index in [1.54, 1.807) is 0 Å². The van der Waals surface area contributed by atoms with Crippen LogP contribution in [0.4, 0.5) is 5.82 Å². The molecule has 0 aromatic carbocycles. The predicted molar refractivity (Wildman–Crippen MR) is 54.9 cm³/mol. The summed E-state index contributed by atoms with van der Waals surface area (Å²) in [5.41, 5.74) is 2.15. The van der Waals surface area contributed by atoms with E-state index in [9.17, 15) is 14.9 Å². The molecule has 0 saturated heterocycles. The van der Waals surface area contributed by atoms with Crippen LogP contribution in [0.2, 0.25) is 0 Å². The second kappa shape index (κ2) is 6.55. The van der Waals surface area contributed by atoms with Crippen molar-refractivity contribution in [3.8, 4) is 0 Å². The number of hydrogen-bond donors (Lipinski definition) is 1. The molecule has 0 bridgehead atoms. The summed E-state index contributed by atoms with van der Waals surface area (Å²) >= 11 is 0. The highest BCUT2D eigenvalue weighted by molar-refractivity contribution is 5.74. The monoisotopic (exact) mass is 244 g/mol. The average Bonchev–Trinajstić information content (AvgIpc) is 2.73. The van der Waals surface area contributed by atoms with Crippen molar-refractivity contribution < 1.29 is 19.3 Å². The van der Waals surface area contributed by atoms with Gasteiger partial charge < -0.3 is 14.9 Å². The Morgan fingerprint density at radius 2 is 2.41 bits per heavy atom. The number of nitrogens with zero attached hydrogens (tertiary/aromatic N) is 3. The van der Waals surface area contributed by atoms with Gasteiger partial charge >= 0.3 is 5.82 Å². The number of amides is 1. The van der Waals surface area contributed by atoms with Crippen molar-refractivity contribution >= 4 is 11.7 Å². The molecule has 0 atom stereocenters. The van der Waals surface area contributed by atoms with Crippen LogP contribution in [0.1, 0.15) is 0 Å². The van der Waals surface area contributed by atoms with Gasteiger partial charge in [0.15, 0.2) is 0 Å². The van der Waals surface area contributed by atoms with E-state index >= 15 is 0 Å². The molecule has 94 valence electrons. The van der Waals surface area contributed by atoms with E-state index in [1.807, 2.05) is 0 Å². The standard InChI is InChI=1S/C8H12N4O5/c1-16-4-5-17-10-8(13)6-11-3-2-7(9-11)12(14)15/h2-3H,4-6H2,1H3,(H,10,13). The van der Waals surface area contributed by atoms with Gasteiger partial charge in [-0.15, -0.1) is 0 Å². The topological polar surface area (TPSA) is 109 Å². The summed E-state index contributed by atoms with van der Waals surface area (Å²) in [5, 5.41) is 13.9. The SMILES string of the molecule is COCCONC(=O)Cn1ccc([N+](=O)[O-])n1. The molecule has 0 radical (unpaired) electrons. The second-order valence-corrected chi connectivity index (χ2v) is 3.00. The van der Waals surface area contributed by atoms with Gasteiger partial charge in [-0.05, 0) is 4.92 Å². The van der Waals surface area contributed by atoms with Crippen molar-refractivity contribution in [1.82, 2.24) is 15.3 Å². The summed E-state index contributed by atoms with van der Waals surface area (Å²) in [5.74, 6) is -0.766. The maximum Gasteiger partial charge on any atom is 0.389 e. The fourth-order valence-corrected chi connectivity index (χ4v) is 0.972. The van der Waals surface area contributed by atoms with Gasteiger partial charge in [-0.1, -0.05) is 0 Å². The van der Waals surface area contributed by atoms with Crippen molar-refractivity contribution in [1.29, 1.82) is 0 Å². The van der Waals surface area contributed by atoms with E-state index < -0.39 is 10.8 Å². The van der Waals surface area contributed by atoms with Gasteiger partial charge in [0.25, 0.3) is 5.91 Å². The van der Waals surface area contributed by atoms with E-state index in [1.165, 1.54) is 19.4 Å². The Bertz CT molecular complexity index is 391. The molecule has 1 heterocycles. The minimum Gasteiger partial charge on any atom is -0.382 e. The summed E-state index contributed by atoms with van der Waals surface area (Å²) in [6.07, 6.45) is 1.34. The zero-order valence-electron chi connectivity index (χ0n) is 9.16. The Hall–Kier alpha value is -2.00. The lowest BCUT2D eigenvalue weighted by atomic mass is 10.6. The highest BCUT2D eigenvalue weighted by Gasteiger charge is 2.13. The van der Waals surface area contributed by atoms with Gasteiger partial charge in [0.05, 0.1) is 30.6 Å². The lowest BCUT2D eigenvalue weighted by molar-refractivity contribution is -0.389. The molecule has 1 rings (SSSR count). The fourth-order valence-electron chi connectivity index (χ4n) is 0.972. The molecule has 0 aliphatic carbocycles. The minimum absolute atomic E-state index is 0.152. The molecular weight excluding hydrogens is 232 g/mol. The molecule has 1 amide bonds. The Balaban J connectivity index is 2.32. The summed E-state index contributed by atoms with van der Waals surface area (Å²) in [6.45, 7) is 0.426. The Kier molecular flexibility index (Phi) is 5.04. The summed E-state index contributed by atoms with van der Waals surface area (Å²) < 4.78 is 5.85. The number of rotatable bonds is 7. The number of hydroxylamine groups is 1. The first-order valence-electron chi connectivity index (χ1n) is 4.71. The molecule has 1 N–H and O–H groups in total. The lowest BCUT2D eigenvalue weighted by Crippen LogP contribution is -2.29. The third kappa shape index (κ3) is 4.57. The molecule has 0 aliphatic rings. The van der Waals surface area contributed by atoms with Crippen LogP contribution in [-0.4, -0.2) is 40.9 Å². The minimum atomic E-state index is -0.635. The zero-order chi connectivity index (χ0) is 12.7. The normalized spacial score (nSPS) is 10.2. The van der Waals surface area contributed by atoms with Gasteiger partial charge in [-0.2, -0.15) is 4.68 Å². The van der Waals surface area contributed by atoms with Crippen LogP contribution in [0.5, 0.6) is 0 Å². The maximum absolute atomic E-state index is 11.2. The molecule has 0 aliphatic heterocycles. The second-order valence-electron chi connectivity index (χ2n) is 3.00. The molecule has 0 fully saturated rings. The maximum atomic E-state index is 11.2. The van der Waals surface area contributed by atoms with Crippen molar-refractivity contribution in [3.63, 3.8) is 0 Å². The van der Waals surface area contributed by atoms with Crippen LogP contribution in [0, 0.1) is 10.1 Å². The molecule has 1 aromatic rings. The van der Waals surface area contributed by atoms with Crippen molar-refractivity contribution in [2.24, 2.45) is 0 Å².